The van der Waals surface area contributed by atoms with Crippen molar-refractivity contribution in [2.45, 2.75) is 52.0 Å². The van der Waals surface area contributed by atoms with E-state index in [0.29, 0.717) is 12.5 Å². The van der Waals surface area contributed by atoms with Crippen LogP contribution in [0.1, 0.15) is 49.4 Å². The van der Waals surface area contributed by atoms with Crippen LogP contribution in [0.15, 0.2) is 11.1 Å². The number of ether oxygens (including phenoxy) is 1. The summed E-state index contributed by atoms with van der Waals surface area (Å²) in [6, 6.07) is 0. The topological polar surface area (TPSA) is 60.2 Å². The minimum Gasteiger partial charge on any atom is -0.379 e. The van der Waals surface area contributed by atoms with Crippen LogP contribution < -0.4 is 5.56 Å². The Hall–Kier alpha value is -1.83. The Kier molecular flexibility index (Phi) is 5.14. The fourth-order valence-corrected chi connectivity index (χ4v) is 5.81. The normalized spacial score (nSPS) is 18.0. The van der Waals surface area contributed by atoms with E-state index < -0.39 is 0 Å². The Morgan fingerprint density at radius 2 is 1.90 bits per heavy atom. The summed E-state index contributed by atoms with van der Waals surface area (Å²) in [6.45, 7) is 9.36. The van der Waals surface area contributed by atoms with Gasteiger partial charge in [0.05, 0.1) is 25.1 Å². The van der Waals surface area contributed by atoms with Crippen molar-refractivity contribution in [3.05, 3.63) is 33.5 Å². The molecule has 0 saturated carbocycles. The molecular formula is C22H28N4O2S. The van der Waals surface area contributed by atoms with Crippen molar-refractivity contribution < 1.29 is 4.74 Å². The first-order chi connectivity index (χ1) is 14.1. The Morgan fingerprint density at radius 3 is 2.66 bits per heavy atom. The maximum Gasteiger partial charge on any atom is 0.271 e. The molecule has 7 heteroatoms. The van der Waals surface area contributed by atoms with Crippen molar-refractivity contribution in [1.29, 1.82) is 0 Å². The molecule has 5 rings (SSSR count). The Morgan fingerprint density at radius 1 is 1.14 bits per heavy atom. The fraction of sp³-hybridized carbons (Fsp3) is 0.591. The van der Waals surface area contributed by atoms with Gasteiger partial charge in [-0.2, -0.15) is 0 Å². The van der Waals surface area contributed by atoms with Crippen LogP contribution in [0.25, 0.3) is 20.4 Å². The van der Waals surface area contributed by atoms with Gasteiger partial charge in [-0.1, -0.05) is 13.8 Å². The molecule has 1 fully saturated rings. The van der Waals surface area contributed by atoms with Crippen LogP contribution in [-0.4, -0.2) is 52.3 Å². The first kappa shape index (κ1) is 19.2. The molecule has 0 radical (unpaired) electrons. The largest absolute Gasteiger partial charge is 0.379 e. The maximum atomic E-state index is 13.2. The van der Waals surface area contributed by atoms with E-state index >= 15 is 0 Å². The molecule has 4 heterocycles. The number of aromatic nitrogens is 3. The predicted molar refractivity (Wildman–Crippen MR) is 117 cm³/mol. The van der Waals surface area contributed by atoms with Crippen LogP contribution in [0.3, 0.4) is 0 Å². The first-order valence-electron chi connectivity index (χ1n) is 10.8. The third kappa shape index (κ3) is 3.39. The number of hydrogen-bond acceptors (Lipinski definition) is 6. The summed E-state index contributed by atoms with van der Waals surface area (Å²) in [7, 11) is 0. The second-order valence-electron chi connectivity index (χ2n) is 8.47. The molecule has 2 aliphatic rings. The van der Waals surface area contributed by atoms with Crippen LogP contribution in [0.4, 0.5) is 0 Å². The molecule has 0 N–H and O–H groups in total. The van der Waals surface area contributed by atoms with Crippen LogP contribution >= 0.6 is 11.3 Å². The molecule has 0 spiro atoms. The summed E-state index contributed by atoms with van der Waals surface area (Å²) in [4.78, 5) is 26.3. The number of thiophene rings is 1. The minimum absolute atomic E-state index is 0.0712. The molecule has 1 saturated heterocycles. The molecule has 6 nitrogen and oxygen atoms in total. The highest BCUT2D eigenvalue weighted by molar-refractivity contribution is 7.25. The van der Waals surface area contributed by atoms with E-state index in [1.54, 1.807) is 10.9 Å². The molecule has 0 unspecified atom stereocenters. The van der Waals surface area contributed by atoms with Crippen LogP contribution in [-0.2, 0) is 24.1 Å². The average Bonchev–Trinajstić information content (AvgIpc) is 3.13. The van der Waals surface area contributed by atoms with Gasteiger partial charge in [-0.3, -0.25) is 14.3 Å². The van der Waals surface area contributed by atoms with Crippen molar-refractivity contribution in [1.82, 2.24) is 19.4 Å². The summed E-state index contributed by atoms with van der Waals surface area (Å²) < 4.78 is 7.93. The lowest BCUT2D eigenvalue weighted by Gasteiger charge is -2.26. The lowest BCUT2D eigenvalue weighted by Crippen LogP contribution is -2.39. The van der Waals surface area contributed by atoms with Gasteiger partial charge in [0, 0.05) is 37.3 Å². The smallest absolute Gasteiger partial charge is 0.271 e. The second kappa shape index (κ2) is 7.78. The minimum atomic E-state index is 0.0712. The van der Waals surface area contributed by atoms with E-state index in [4.69, 9.17) is 14.7 Å². The van der Waals surface area contributed by atoms with Crippen molar-refractivity contribution in [2.75, 3.05) is 32.8 Å². The van der Waals surface area contributed by atoms with Gasteiger partial charge in [0.25, 0.3) is 5.56 Å². The van der Waals surface area contributed by atoms with Gasteiger partial charge in [0.1, 0.15) is 9.53 Å². The molecule has 3 aromatic heterocycles. The zero-order valence-electron chi connectivity index (χ0n) is 17.2. The van der Waals surface area contributed by atoms with E-state index in [0.717, 1.165) is 66.1 Å². The van der Waals surface area contributed by atoms with E-state index in [1.165, 1.54) is 41.0 Å². The highest BCUT2D eigenvalue weighted by atomic mass is 32.1. The molecular weight excluding hydrogens is 384 g/mol. The number of pyridine rings is 1. The van der Waals surface area contributed by atoms with Gasteiger partial charge in [-0.05, 0) is 42.7 Å². The fourth-order valence-electron chi connectivity index (χ4n) is 4.69. The van der Waals surface area contributed by atoms with Gasteiger partial charge < -0.3 is 4.74 Å². The molecule has 154 valence electrons. The van der Waals surface area contributed by atoms with E-state index in [-0.39, 0.29) is 5.56 Å². The zero-order chi connectivity index (χ0) is 20.0. The van der Waals surface area contributed by atoms with Crippen LogP contribution in [0.5, 0.6) is 0 Å². The maximum absolute atomic E-state index is 13.2. The summed E-state index contributed by atoms with van der Waals surface area (Å²) >= 11 is 1.53. The monoisotopic (exact) mass is 412 g/mol. The Labute approximate surface area is 174 Å². The molecule has 29 heavy (non-hydrogen) atoms. The summed E-state index contributed by atoms with van der Waals surface area (Å²) in [5, 5.41) is 1.14. The Balaban J connectivity index is 1.58. The van der Waals surface area contributed by atoms with Crippen LogP contribution in [0, 0.1) is 0 Å². The van der Waals surface area contributed by atoms with E-state index in [2.05, 4.69) is 18.7 Å². The SMILES string of the molecule is CC(C)c1nc2sc3c(=O)n(CCN4CCOCC4)cnc3c2c2c1CCCC2. The molecule has 0 aromatic carbocycles. The quantitative estimate of drug-likeness (QED) is 0.658. The van der Waals surface area contributed by atoms with Gasteiger partial charge in [-0.25, -0.2) is 9.97 Å². The molecule has 1 aliphatic carbocycles. The van der Waals surface area contributed by atoms with Crippen molar-refractivity contribution in [3.63, 3.8) is 0 Å². The van der Waals surface area contributed by atoms with Gasteiger partial charge >= 0.3 is 0 Å². The number of nitrogens with zero attached hydrogens (tertiary/aromatic N) is 4. The number of rotatable bonds is 4. The molecule has 0 atom stereocenters. The third-order valence-corrected chi connectivity index (χ3v) is 7.32. The summed E-state index contributed by atoms with van der Waals surface area (Å²) in [5.41, 5.74) is 4.96. The summed E-state index contributed by atoms with van der Waals surface area (Å²) in [6.07, 6.45) is 6.34. The second-order valence-corrected chi connectivity index (χ2v) is 9.47. The molecule has 1 aliphatic heterocycles. The molecule has 0 amide bonds. The van der Waals surface area contributed by atoms with Gasteiger partial charge in [-0.15, -0.1) is 11.3 Å². The number of aryl methyl sites for hydroxylation is 1. The number of hydrogen-bond donors (Lipinski definition) is 0. The van der Waals surface area contributed by atoms with Gasteiger partial charge in [0.2, 0.25) is 0 Å². The van der Waals surface area contributed by atoms with Crippen molar-refractivity contribution >= 4 is 31.8 Å². The van der Waals surface area contributed by atoms with Crippen molar-refractivity contribution in [2.24, 2.45) is 0 Å². The standard InChI is InChI=1S/C22H28N4O2S/c1-14(2)18-16-6-4-3-5-15(16)17-19-20(29-21(17)24-18)22(27)26(13-23-19)8-7-25-9-11-28-12-10-25/h13-14H,3-12H2,1-2H3. The predicted octanol–water partition coefficient (Wildman–Crippen LogP) is 3.34. The first-order valence-corrected chi connectivity index (χ1v) is 11.6. The van der Waals surface area contributed by atoms with E-state index in [9.17, 15) is 4.79 Å². The zero-order valence-corrected chi connectivity index (χ0v) is 18.1. The lowest BCUT2D eigenvalue weighted by molar-refractivity contribution is 0.0362. The molecule has 0 bridgehead atoms. The van der Waals surface area contributed by atoms with E-state index in [1.807, 2.05) is 0 Å². The van der Waals surface area contributed by atoms with Gasteiger partial charge in [0.15, 0.2) is 0 Å². The number of morpholine rings is 1. The van der Waals surface area contributed by atoms with Crippen molar-refractivity contribution in [3.8, 4) is 0 Å². The lowest BCUT2D eigenvalue weighted by atomic mass is 9.86. The average molecular weight is 413 g/mol. The highest BCUT2D eigenvalue weighted by Crippen LogP contribution is 2.39. The third-order valence-electron chi connectivity index (χ3n) is 6.25. The Bertz CT molecular complexity index is 1110. The molecule has 3 aromatic rings. The summed E-state index contributed by atoms with van der Waals surface area (Å²) in [5.74, 6) is 0.398. The van der Waals surface area contributed by atoms with Crippen LogP contribution in [0.2, 0.25) is 0 Å². The highest BCUT2D eigenvalue weighted by Gasteiger charge is 2.24. The number of fused-ring (bicyclic) bond motifs is 5.